The van der Waals surface area contributed by atoms with Crippen molar-refractivity contribution in [1.82, 2.24) is 4.57 Å². The summed E-state index contributed by atoms with van der Waals surface area (Å²) in [5.74, 6) is -3.18. The number of carbonyl (C=O) groups excluding carboxylic acids is 1. The number of carbonyl (C=O) groups is 1. The summed E-state index contributed by atoms with van der Waals surface area (Å²) in [7, 11) is 0. The third kappa shape index (κ3) is 4.14. The van der Waals surface area contributed by atoms with Crippen LogP contribution in [-0.2, 0) is 12.7 Å². The Morgan fingerprint density at radius 3 is 2.32 bits per heavy atom. The number of nitrogens with zero attached hydrogens (tertiary/aromatic N) is 1. The van der Waals surface area contributed by atoms with Gasteiger partial charge in [-0.3, -0.25) is 4.79 Å². The summed E-state index contributed by atoms with van der Waals surface area (Å²) in [6.07, 6.45) is -2.81. The van der Waals surface area contributed by atoms with E-state index in [-0.39, 0.29) is 6.54 Å². The maximum atomic E-state index is 14.0. The minimum atomic E-state index is -4.41. The first-order chi connectivity index (χ1) is 14.7. The third-order valence-corrected chi connectivity index (χ3v) is 4.87. The lowest BCUT2D eigenvalue weighted by atomic mass is 10.1. The summed E-state index contributed by atoms with van der Waals surface area (Å²) in [4.78, 5) is 12.5. The minimum Gasteiger partial charge on any atom is -0.341 e. The minimum absolute atomic E-state index is 0.253. The highest BCUT2D eigenvalue weighted by molar-refractivity contribution is 6.09. The Kier molecular flexibility index (Phi) is 5.22. The molecule has 0 spiro atoms. The standard InChI is InChI=1S/C23H15F5N2O/c24-18-6-3-5-17(21(18)25)22(31)29-19-13-30(20-7-2-1-4-16(19)20)12-14-8-10-15(11-9-14)23(26,27)28/h1-11,13H,12H2,(H,29,31). The molecule has 0 aliphatic rings. The van der Waals surface area contributed by atoms with Crippen LogP contribution in [0.15, 0.2) is 72.9 Å². The Morgan fingerprint density at radius 2 is 1.61 bits per heavy atom. The van der Waals surface area contributed by atoms with Crippen LogP contribution in [0.1, 0.15) is 21.5 Å². The highest BCUT2D eigenvalue weighted by atomic mass is 19.4. The van der Waals surface area contributed by atoms with Crippen LogP contribution >= 0.6 is 0 Å². The molecule has 0 bridgehead atoms. The number of fused-ring (bicyclic) bond motifs is 1. The van der Waals surface area contributed by atoms with Gasteiger partial charge >= 0.3 is 6.18 Å². The summed E-state index contributed by atoms with van der Waals surface area (Å²) < 4.78 is 67.5. The van der Waals surface area contributed by atoms with Crippen LogP contribution < -0.4 is 5.32 Å². The number of alkyl halides is 3. The Balaban J connectivity index is 1.65. The second-order valence-electron chi connectivity index (χ2n) is 6.94. The summed E-state index contributed by atoms with van der Waals surface area (Å²) in [5.41, 5.74) is 0.551. The number of nitrogens with one attached hydrogen (secondary N) is 1. The Labute approximate surface area is 173 Å². The predicted octanol–water partition coefficient (Wildman–Crippen LogP) is 6.24. The smallest absolute Gasteiger partial charge is 0.341 e. The first-order valence-electron chi connectivity index (χ1n) is 9.23. The second kappa shape index (κ2) is 7.86. The predicted molar refractivity (Wildman–Crippen MR) is 107 cm³/mol. The first-order valence-corrected chi connectivity index (χ1v) is 9.23. The van der Waals surface area contributed by atoms with Crippen molar-refractivity contribution >= 4 is 22.5 Å². The number of hydrogen-bond donors (Lipinski definition) is 1. The fraction of sp³-hybridized carbons (Fsp3) is 0.0870. The molecule has 1 aromatic heterocycles. The van der Waals surface area contributed by atoms with Crippen molar-refractivity contribution < 1.29 is 26.7 Å². The number of hydrogen-bond acceptors (Lipinski definition) is 1. The summed E-state index contributed by atoms with van der Waals surface area (Å²) in [6.45, 7) is 0.253. The van der Waals surface area contributed by atoms with Crippen LogP contribution in [-0.4, -0.2) is 10.5 Å². The maximum absolute atomic E-state index is 14.0. The zero-order valence-electron chi connectivity index (χ0n) is 15.9. The molecule has 0 atom stereocenters. The normalized spacial score (nSPS) is 11.6. The summed E-state index contributed by atoms with van der Waals surface area (Å²) in [6, 6.07) is 15.2. The number of anilines is 1. The molecule has 1 heterocycles. The van der Waals surface area contributed by atoms with Crippen LogP contribution in [0.25, 0.3) is 10.9 Å². The molecule has 0 saturated carbocycles. The van der Waals surface area contributed by atoms with Gasteiger partial charge in [0, 0.05) is 18.1 Å². The second-order valence-corrected chi connectivity index (χ2v) is 6.94. The number of benzene rings is 3. The van der Waals surface area contributed by atoms with E-state index in [9.17, 15) is 26.7 Å². The van der Waals surface area contributed by atoms with E-state index < -0.39 is 34.8 Å². The van der Waals surface area contributed by atoms with Gasteiger partial charge in [0.2, 0.25) is 0 Å². The number of halogens is 5. The molecule has 3 aromatic carbocycles. The molecule has 0 aliphatic carbocycles. The molecule has 8 heteroatoms. The molecule has 31 heavy (non-hydrogen) atoms. The van der Waals surface area contributed by atoms with Crippen LogP contribution in [0, 0.1) is 11.6 Å². The van der Waals surface area contributed by atoms with E-state index in [1.165, 1.54) is 24.3 Å². The van der Waals surface area contributed by atoms with E-state index in [4.69, 9.17) is 0 Å². The number of amides is 1. The van der Waals surface area contributed by atoms with Gasteiger partial charge in [-0.05, 0) is 35.9 Å². The monoisotopic (exact) mass is 430 g/mol. The van der Waals surface area contributed by atoms with Crippen LogP contribution in [0.5, 0.6) is 0 Å². The van der Waals surface area contributed by atoms with Crippen molar-refractivity contribution in [3.05, 3.63) is 101 Å². The molecular weight excluding hydrogens is 415 g/mol. The van der Waals surface area contributed by atoms with E-state index in [0.717, 1.165) is 23.7 Å². The quantitative estimate of drug-likeness (QED) is 0.382. The highest BCUT2D eigenvalue weighted by Crippen LogP contribution is 2.30. The van der Waals surface area contributed by atoms with Gasteiger partial charge in [-0.15, -0.1) is 0 Å². The van der Waals surface area contributed by atoms with Gasteiger partial charge < -0.3 is 9.88 Å². The molecule has 158 valence electrons. The fourth-order valence-corrected chi connectivity index (χ4v) is 3.34. The van der Waals surface area contributed by atoms with Crippen molar-refractivity contribution in [3.63, 3.8) is 0 Å². The first kappa shape index (κ1) is 20.6. The Bertz CT molecular complexity index is 1260. The van der Waals surface area contributed by atoms with Gasteiger partial charge in [-0.1, -0.05) is 36.4 Å². The maximum Gasteiger partial charge on any atom is 0.416 e. The SMILES string of the molecule is O=C(Nc1cn(Cc2ccc(C(F)(F)F)cc2)c2ccccc12)c1cccc(F)c1F. The average molecular weight is 430 g/mol. The van der Waals surface area contributed by atoms with Gasteiger partial charge in [0.25, 0.3) is 5.91 Å². The largest absolute Gasteiger partial charge is 0.416 e. The zero-order valence-corrected chi connectivity index (χ0v) is 15.9. The van der Waals surface area contributed by atoms with Crippen LogP contribution in [0.4, 0.5) is 27.6 Å². The van der Waals surface area contributed by atoms with Gasteiger partial charge in [0.1, 0.15) is 0 Å². The van der Waals surface area contributed by atoms with Gasteiger partial charge in [0.15, 0.2) is 11.6 Å². The van der Waals surface area contributed by atoms with E-state index in [1.54, 1.807) is 35.0 Å². The van der Waals surface area contributed by atoms with Gasteiger partial charge in [-0.25, -0.2) is 8.78 Å². The van der Waals surface area contributed by atoms with Crippen molar-refractivity contribution in [3.8, 4) is 0 Å². The lowest BCUT2D eigenvalue weighted by molar-refractivity contribution is -0.137. The molecule has 4 aromatic rings. The molecule has 3 nitrogen and oxygen atoms in total. The zero-order chi connectivity index (χ0) is 22.2. The fourth-order valence-electron chi connectivity index (χ4n) is 3.34. The van der Waals surface area contributed by atoms with Crippen molar-refractivity contribution in [2.45, 2.75) is 12.7 Å². The van der Waals surface area contributed by atoms with Crippen molar-refractivity contribution in [2.75, 3.05) is 5.32 Å². The van der Waals surface area contributed by atoms with Gasteiger partial charge in [-0.2, -0.15) is 13.2 Å². The van der Waals surface area contributed by atoms with E-state index in [1.807, 2.05) is 0 Å². The van der Waals surface area contributed by atoms with Crippen LogP contribution in [0.3, 0.4) is 0 Å². The molecule has 0 radical (unpaired) electrons. The Morgan fingerprint density at radius 1 is 0.903 bits per heavy atom. The molecule has 1 N–H and O–H groups in total. The number of rotatable bonds is 4. The lowest BCUT2D eigenvalue weighted by Gasteiger charge is -2.09. The molecule has 1 amide bonds. The number of para-hydroxylation sites is 1. The van der Waals surface area contributed by atoms with Crippen LogP contribution in [0.2, 0.25) is 0 Å². The summed E-state index contributed by atoms with van der Waals surface area (Å²) in [5, 5.41) is 3.24. The van der Waals surface area contributed by atoms with Crippen molar-refractivity contribution in [1.29, 1.82) is 0 Å². The molecule has 4 rings (SSSR count). The number of aromatic nitrogens is 1. The average Bonchev–Trinajstić information content (AvgIpc) is 3.07. The van der Waals surface area contributed by atoms with Gasteiger partial charge in [0.05, 0.1) is 22.3 Å². The molecule has 0 fully saturated rings. The van der Waals surface area contributed by atoms with E-state index in [0.29, 0.717) is 16.6 Å². The molecule has 0 unspecified atom stereocenters. The van der Waals surface area contributed by atoms with E-state index in [2.05, 4.69) is 5.32 Å². The van der Waals surface area contributed by atoms with E-state index >= 15 is 0 Å². The summed E-state index contributed by atoms with van der Waals surface area (Å²) >= 11 is 0. The molecule has 0 aliphatic heterocycles. The van der Waals surface area contributed by atoms with Crippen molar-refractivity contribution in [2.24, 2.45) is 0 Å². The highest BCUT2D eigenvalue weighted by Gasteiger charge is 2.30. The molecule has 0 saturated heterocycles. The third-order valence-electron chi connectivity index (χ3n) is 4.87. The topological polar surface area (TPSA) is 34.0 Å². The molecular formula is C23H15F5N2O. The lowest BCUT2D eigenvalue weighted by Crippen LogP contribution is -2.14. The Hall–Kier alpha value is -3.68.